The van der Waals surface area contributed by atoms with E-state index in [9.17, 15) is 0 Å². The molecule has 0 amide bonds. The lowest BCUT2D eigenvalue weighted by atomic mass is 9.67. The van der Waals surface area contributed by atoms with Gasteiger partial charge in [0.1, 0.15) is 0 Å². The van der Waals surface area contributed by atoms with Crippen LogP contribution in [0.15, 0.2) is 224 Å². The van der Waals surface area contributed by atoms with Crippen molar-refractivity contribution in [1.82, 2.24) is 0 Å². The molecule has 0 radical (unpaired) electrons. The smallest absolute Gasteiger partial charge is 0.0714 e. The Morgan fingerprint density at radius 1 is 0.352 bits per heavy atom. The Morgan fingerprint density at radius 2 is 0.845 bits per heavy atom. The summed E-state index contributed by atoms with van der Waals surface area (Å²) < 4.78 is 0. The van der Waals surface area contributed by atoms with Gasteiger partial charge in [0.2, 0.25) is 0 Å². The second kappa shape index (κ2) is 16.4. The maximum absolute atomic E-state index is 2.59. The highest BCUT2D eigenvalue weighted by molar-refractivity contribution is 6.09. The summed E-state index contributed by atoms with van der Waals surface area (Å²) >= 11 is 0. The van der Waals surface area contributed by atoms with Gasteiger partial charge >= 0.3 is 0 Å². The highest BCUT2D eigenvalue weighted by atomic mass is 15.1. The number of nitrogens with zero attached hydrogens (tertiary/aromatic N) is 1. The second-order valence-corrected chi connectivity index (χ2v) is 22.5. The molecule has 2 aliphatic rings. The molecule has 12 rings (SSSR count). The minimum atomic E-state index is -0.555. The summed E-state index contributed by atoms with van der Waals surface area (Å²) in [5.41, 5.74) is 23.2. The molecule has 0 saturated carbocycles. The summed E-state index contributed by atoms with van der Waals surface area (Å²) in [5, 5.41) is 2.48. The fourth-order valence-corrected chi connectivity index (χ4v) is 12.3. The lowest BCUT2D eigenvalue weighted by molar-refractivity contribution is 0.569. The van der Waals surface area contributed by atoms with E-state index in [4.69, 9.17) is 0 Å². The largest absolute Gasteiger partial charge is 0.309 e. The fourth-order valence-electron chi connectivity index (χ4n) is 12.3. The molecule has 10 aromatic rings. The molecular weight excluding hydrogens is 855 g/mol. The third-order valence-corrected chi connectivity index (χ3v) is 15.8. The molecule has 0 saturated heterocycles. The topological polar surface area (TPSA) is 3.24 Å². The van der Waals surface area contributed by atoms with Crippen LogP contribution >= 0.6 is 0 Å². The van der Waals surface area contributed by atoms with Crippen LogP contribution in [0.4, 0.5) is 17.1 Å². The molecule has 0 bridgehead atoms. The van der Waals surface area contributed by atoms with Crippen molar-refractivity contribution < 1.29 is 0 Å². The van der Waals surface area contributed by atoms with Crippen molar-refractivity contribution >= 4 is 27.8 Å². The molecule has 10 aromatic carbocycles. The van der Waals surface area contributed by atoms with E-state index < -0.39 is 5.41 Å². The molecule has 0 fully saturated rings. The van der Waals surface area contributed by atoms with E-state index in [1.54, 1.807) is 0 Å². The Kier molecular flexibility index (Phi) is 10.3. The van der Waals surface area contributed by atoms with Crippen LogP contribution in [0.25, 0.3) is 55.3 Å². The highest BCUT2D eigenvalue weighted by Gasteiger charge is 2.47. The van der Waals surface area contributed by atoms with Crippen LogP contribution in [-0.4, -0.2) is 0 Å². The van der Waals surface area contributed by atoms with Crippen LogP contribution in [0, 0.1) is 0 Å². The van der Waals surface area contributed by atoms with Crippen molar-refractivity contribution in [2.75, 3.05) is 4.90 Å². The first-order valence-corrected chi connectivity index (χ1v) is 25.4. The Bertz CT molecular complexity index is 3610. The Labute approximate surface area is 421 Å². The van der Waals surface area contributed by atoms with Gasteiger partial charge < -0.3 is 4.90 Å². The number of benzene rings is 10. The second-order valence-electron chi connectivity index (χ2n) is 22.5. The first kappa shape index (κ1) is 44.5. The number of rotatable bonds is 7. The van der Waals surface area contributed by atoms with Gasteiger partial charge in [0.15, 0.2) is 0 Å². The average Bonchev–Trinajstić information content (AvgIpc) is 3.81. The van der Waals surface area contributed by atoms with Crippen LogP contribution < -0.4 is 4.90 Å². The van der Waals surface area contributed by atoms with Gasteiger partial charge in [-0.2, -0.15) is 0 Å². The van der Waals surface area contributed by atoms with Gasteiger partial charge in [0.25, 0.3) is 0 Å². The van der Waals surface area contributed by atoms with Crippen LogP contribution in [0.3, 0.4) is 0 Å². The van der Waals surface area contributed by atoms with E-state index in [1.165, 1.54) is 105 Å². The van der Waals surface area contributed by atoms with Crippen molar-refractivity contribution in [3.8, 4) is 44.5 Å². The van der Waals surface area contributed by atoms with Gasteiger partial charge in [-0.25, -0.2) is 0 Å². The number of hydrogen-bond acceptors (Lipinski definition) is 1. The number of anilines is 3. The van der Waals surface area contributed by atoms with E-state index >= 15 is 0 Å². The number of fused-ring (bicyclic) bond motifs is 7. The maximum Gasteiger partial charge on any atom is 0.0714 e. The van der Waals surface area contributed by atoms with Gasteiger partial charge in [-0.3, -0.25) is 0 Å². The lowest BCUT2D eigenvalue weighted by Gasteiger charge is -2.35. The van der Waals surface area contributed by atoms with E-state index in [1.807, 2.05) is 0 Å². The summed E-state index contributed by atoms with van der Waals surface area (Å²) in [4.78, 5) is 2.59. The zero-order valence-corrected chi connectivity index (χ0v) is 42.3. The molecule has 1 nitrogen and oxygen atoms in total. The zero-order valence-electron chi connectivity index (χ0n) is 42.3. The van der Waals surface area contributed by atoms with Crippen LogP contribution in [-0.2, 0) is 21.7 Å². The summed E-state index contributed by atoms with van der Waals surface area (Å²) in [6, 6.07) is 85.0. The molecule has 0 heterocycles. The van der Waals surface area contributed by atoms with Crippen molar-refractivity contribution in [3.63, 3.8) is 0 Å². The molecule has 0 spiro atoms. The Morgan fingerprint density at radius 3 is 1.49 bits per heavy atom. The third kappa shape index (κ3) is 6.96. The van der Waals surface area contributed by atoms with Crippen molar-refractivity contribution in [3.05, 3.63) is 269 Å². The number of para-hydroxylation sites is 1. The Hall–Kier alpha value is -7.74. The van der Waals surface area contributed by atoms with Gasteiger partial charge in [-0.15, -0.1) is 0 Å². The standard InChI is InChI=1S/C70H61N/c1-67(2,3)50-42-47(43-51(44-50)68(4,5)6)53-33-21-24-46-25-22-34-57(65(46)53)56-31-17-20-38-63(56)71(64-39-23-37-61-66(64)58-32-16-18-35-59(58)69(61,7)8)52-40-41-55-54-30-15-19-36-60(54)70(62(55)45-52,48-26-11-9-12-27-48)49-28-13-10-14-29-49/h9-45H,1-8H3. The summed E-state index contributed by atoms with van der Waals surface area (Å²) in [6.07, 6.45) is 0. The van der Waals surface area contributed by atoms with Crippen molar-refractivity contribution in [2.45, 2.75) is 77.0 Å². The number of hydrogen-bond donors (Lipinski definition) is 0. The molecule has 346 valence electrons. The summed E-state index contributed by atoms with van der Waals surface area (Å²) in [5.74, 6) is 0. The summed E-state index contributed by atoms with van der Waals surface area (Å²) in [7, 11) is 0. The quantitative estimate of drug-likeness (QED) is 0.154. The monoisotopic (exact) mass is 915 g/mol. The molecular formula is C70H61N. The molecule has 0 aliphatic heterocycles. The summed E-state index contributed by atoms with van der Waals surface area (Å²) in [6.45, 7) is 18.8. The van der Waals surface area contributed by atoms with Crippen LogP contribution in [0.5, 0.6) is 0 Å². The minimum Gasteiger partial charge on any atom is -0.309 e. The van der Waals surface area contributed by atoms with Gasteiger partial charge in [-0.1, -0.05) is 256 Å². The maximum atomic E-state index is 2.59. The molecule has 0 aromatic heterocycles. The van der Waals surface area contributed by atoms with Gasteiger partial charge in [0, 0.05) is 22.2 Å². The fraction of sp³-hybridized carbons (Fsp3) is 0.171. The first-order valence-electron chi connectivity index (χ1n) is 25.4. The average molecular weight is 916 g/mol. The first-order chi connectivity index (χ1) is 34.3. The zero-order chi connectivity index (χ0) is 48.9. The predicted molar refractivity (Wildman–Crippen MR) is 302 cm³/mol. The van der Waals surface area contributed by atoms with Crippen LogP contribution in [0.2, 0.25) is 0 Å². The van der Waals surface area contributed by atoms with Gasteiger partial charge in [-0.05, 0) is 124 Å². The van der Waals surface area contributed by atoms with Crippen molar-refractivity contribution in [1.29, 1.82) is 0 Å². The van der Waals surface area contributed by atoms with E-state index in [2.05, 4.69) is 285 Å². The van der Waals surface area contributed by atoms with E-state index in [0.29, 0.717) is 0 Å². The molecule has 2 aliphatic carbocycles. The SMILES string of the molecule is CC(C)(C)c1cc(-c2cccc3cccc(-c4ccccc4N(c4ccc5c(c4)C(c4ccccc4)(c4ccccc4)c4ccccc4-5)c4cccc5c4-c4ccccc4C5(C)C)c23)cc(C(C)(C)C)c1. The lowest BCUT2D eigenvalue weighted by Crippen LogP contribution is -2.28. The minimum absolute atomic E-state index is 0.0184. The normalized spacial score (nSPS) is 14.1. The van der Waals surface area contributed by atoms with Crippen molar-refractivity contribution in [2.24, 2.45) is 0 Å². The molecule has 1 heteroatoms. The third-order valence-electron chi connectivity index (χ3n) is 15.8. The molecule has 0 atom stereocenters. The Balaban J connectivity index is 1.17. The van der Waals surface area contributed by atoms with E-state index in [0.717, 1.165) is 11.4 Å². The highest BCUT2D eigenvalue weighted by Crippen LogP contribution is 2.59. The molecule has 0 unspecified atom stereocenters. The predicted octanol–water partition coefficient (Wildman–Crippen LogP) is 18.9. The molecule has 71 heavy (non-hydrogen) atoms. The van der Waals surface area contributed by atoms with Gasteiger partial charge in [0.05, 0.1) is 16.8 Å². The van der Waals surface area contributed by atoms with E-state index in [-0.39, 0.29) is 16.2 Å². The van der Waals surface area contributed by atoms with Crippen LogP contribution in [0.1, 0.15) is 99.9 Å². The molecule has 0 N–H and O–H groups in total.